The summed E-state index contributed by atoms with van der Waals surface area (Å²) >= 11 is 3.46. The summed E-state index contributed by atoms with van der Waals surface area (Å²) in [5.41, 5.74) is 3.24. The Morgan fingerprint density at radius 2 is 1.88 bits per heavy atom. The second-order valence-electron chi connectivity index (χ2n) is 5.53. The highest BCUT2D eigenvalue weighted by molar-refractivity contribution is 9.10. The van der Waals surface area contributed by atoms with Gasteiger partial charge >= 0.3 is 0 Å². The molecular formula is C18H18BrN5. The zero-order valence-electron chi connectivity index (χ0n) is 13.5. The summed E-state index contributed by atoms with van der Waals surface area (Å²) in [6.07, 6.45) is 1.62. The summed E-state index contributed by atoms with van der Waals surface area (Å²) in [4.78, 5) is 4.49. The molecule has 0 saturated heterocycles. The lowest BCUT2D eigenvalue weighted by molar-refractivity contribution is 0.861. The fraction of sp³-hybridized carbons (Fsp3) is 0.167. The van der Waals surface area contributed by atoms with E-state index in [4.69, 9.17) is 0 Å². The Morgan fingerprint density at radius 1 is 1.08 bits per heavy atom. The van der Waals surface area contributed by atoms with Gasteiger partial charge in [-0.05, 0) is 43.2 Å². The van der Waals surface area contributed by atoms with Gasteiger partial charge in [0.1, 0.15) is 0 Å². The maximum atomic E-state index is 4.49. The molecule has 0 aliphatic carbocycles. The van der Waals surface area contributed by atoms with Crippen molar-refractivity contribution in [2.75, 3.05) is 10.6 Å². The molecule has 0 amide bonds. The van der Waals surface area contributed by atoms with Gasteiger partial charge in [0, 0.05) is 16.2 Å². The molecule has 122 valence electrons. The van der Waals surface area contributed by atoms with Crippen molar-refractivity contribution in [2.45, 2.75) is 19.9 Å². The van der Waals surface area contributed by atoms with Gasteiger partial charge in [-0.2, -0.15) is 10.1 Å². The lowest BCUT2D eigenvalue weighted by Gasteiger charge is -2.15. The van der Waals surface area contributed by atoms with E-state index in [1.54, 1.807) is 6.20 Å². The number of benzene rings is 2. The fourth-order valence-electron chi connectivity index (χ4n) is 2.36. The van der Waals surface area contributed by atoms with Crippen LogP contribution in [0.25, 0.3) is 0 Å². The van der Waals surface area contributed by atoms with Gasteiger partial charge in [0.2, 0.25) is 5.95 Å². The Kier molecular flexibility index (Phi) is 5.05. The first-order valence-corrected chi connectivity index (χ1v) is 8.45. The lowest BCUT2D eigenvalue weighted by Crippen LogP contribution is -2.10. The number of halogens is 1. The van der Waals surface area contributed by atoms with Crippen LogP contribution in [0.3, 0.4) is 0 Å². The van der Waals surface area contributed by atoms with Crippen LogP contribution in [0.15, 0.2) is 59.2 Å². The molecule has 6 heteroatoms. The minimum Gasteiger partial charge on any atom is -0.362 e. The number of rotatable bonds is 5. The normalized spacial score (nSPS) is 11.8. The Hall–Kier alpha value is -2.47. The van der Waals surface area contributed by atoms with Crippen molar-refractivity contribution in [1.82, 2.24) is 15.2 Å². The number of anilines is 3. The predicted octanol–water partition coefficient (Wildman–Crippen LogP) is 4.86. The van der Waals surface area contributed by atoms with Crippen molar-refractivity contribution in [3.8, 4) is 0 Å². The van der Waals surface area contributed by atoms with Gasteiger partial charge in [-0.3, -0.25) is 0 Å². The summed E-state index contributed by atoms with van der Waals surface area (Å²) in [5, 5.41) is 14.6. The maximum absolute atomic E-state index is 4.49. The molecule has 3 rings (SSSR count). The Balaban J connectivity index is 1.74. The van der Waals surface area contributed by atoms with Crippen LogP contribution in [0.4, 0.5) is 17.5 Å². The molecule has 0 bridgehead atoms. The summed E-state index contributed by atoms with van der Waals surface area (Å²) in [6.45, 7) is 4.11. The van der Waals surface area contributed by atoms with Gasteiger partial charge < -0.3 is 10.6 Å². The Bertz CT molecular complexity index is 823. The molecule has 0 spiro atoms. The minimum atomic E-state index is 0.130. The third-order valence-electron chi connectivity index (χ3n) is 3.66. The van der Waals surface area contributed by atoms with E-state index >= 15 is 0 Å². The molecule has 0 saturated carbocycles. The zero-order valence-corrected chi connectivity index (χ0v) is 15.1. The molecule has 5 nitrogen and oxygen atoms in total. The largest absolute Gasteiger partial charge is 0.362 e. The minimum absolute atomic E-state index is 0.130. The fourth-order valence-corrected chi connectivity index (χ4v) is 2.84. The summed E-state index contributed by atoms with van der Waals surface area (Å²) < 4.78 is 1.04. The van der Waals surface area contributed by atoms with E-state index in [0.717, 1.165) is 15.7 Å². The number of hydrogen-bond acceptors (Lipinski definition) is 5. The van der Waals surface area contributed by atoms with Gasteiger partial charge in [0.15, 0.2) is 5.82 Å². The van der Waals surface area contributed by atoms with E-state index in [2.05, 4.69) is 60.8 Å². The molecule has 2 aromatic carbocycles. The van der Waals surface area contributed by atoms with Gasteiger partial charge in [0.25, 0.3) is 0 Å². The second-order valence-corrected chi connectivity index (χ2v) is 6.44. The first-order valence-electron chi connectivity index (χ1n) is 7.66. The molecule has 0 radical (unpaired) electrons. The monoisotopic (exact) mass is 383 g/mol. The highest BCUT2D eigenvalue weighted by Gasteiger charge is 2.08. The topological polar surface area (TPSA) is 62.7 Å². The molecule has 1 unspecified atom stereocenters. The summed E-state index contributed by atoms with van der Waals surface area (Å²) in [6, 6.07) is 16.3. The van der Waals surface area contributed by atoms with Crippen molar-refractivity contribution in [3.63, 3.8) is 0 Å². The molecule has 0 fully saturated rings. The molecular weight excluding hydrogens is 366 g/mol. The Labute approximate surface area is 149 Å². The second kappa shape index (κ2) is 7.40. The van der Waals surface area contributed by atoms with Crippen molar-refractivity contribution in [3.05, 3.63) is 70.3 Å². The van der Waals surface area contributed by atoms with Crippen molar-refractivity contribution in [1.29, 1.82) is 0 Å². The molecule has 3 aromatic rings. The number of aryl methyl sites for hydroxylation is 1. The van der Waals surface area contributed by atoms with Crippen molar-refractivity contribution < 1.29 is 0 Å². The average molecular weight is 384 g/mol. The van der Waals surface area contributed by atoms with Crippen LogP contribution >= 0.6 is 15.9 Å². The third kappa shape index (κ3) is 4.08. The van der Waals surface area contributed by atoms with Crippen LogP contribution < -0.4 is 10.6 Å². The van der Waals surface area contributed by atoms with Crippen LogP contribution in [0.1, 0.15) is 24.1 Å². The molecule has 0 aliphatic rings. The highest BCUT2D eigenvalue weighted by atomic mass is 79.9. The third-order valence-corrected chi connectivity index (χ3v) is 4.15. The first kappa shape index (κ1) is 16.4. The molecule has 0 aliphatic heterocycles. The van der Waals surface area contributed by atoms with Gasteiger partial charge in [-0.25, -0.2) is 0 Å². The van der Waals surface area contributed by atoms with Gasteiger partial charge in [-0.15, -0.1) is 5.10 Å². The van der Waals surface area contributed by atoms with Crippen LogP contribution in [0.2, 0.25) is 0 Å². The van der Waals surface area contributed by atoms with Crippen molar-refractivity contribution >= 4 is 33.4 Å². The van der Waals surface area contributed by atoms with Crippen LogP contribution in [0, 0.1) is 6.92 Å². The van der Waals surface area contributed by atoms with E-state index in [1.807, 2.05) is 43.3 Å². The SMILES string of the molecule is Cc1cc(Br)ccc1Nc1nncc(NC(C)c2ccccc2)n1. The predicted molar refractivity (Wildman–Crippen MR) is 100 cm³/mol. The van der Waals surface area contributed by atoms with Crippen LogP contribution in [-0.2, 0) is 0 Å². The maximum Gasteiger partial charge on any atom is 0.249 e. The van der Waals surface area contributed by atoms with Gasteiger partial charge in [-0.1, -0.05) is 46.3 Å². The highest BCUT2D eigenvalue weighted by Crippen LogP contribution is 2.23. The Morgan fingerprint density at radius 3 is 2.62 bits per heavy atom. The van der Waals surface area contributed by atoms with Crippen LogP contribution in [0.5, 0.6) is 0 Å². The molecule has 24 heavy (non-hydrogen) atoms. The summed E-state index contributed by atoms with van der Waals surface area (Å²) in [5.74, 6) is 1.14. The molecule has 1 atom stereocenters. The van der Waals surface area contributed by atoms with E-state index in [-0.39, 0.29) is 6.04 Å². The number of nitrogens with one attached hydrogen (secondary N) is 2. The zero-order chi connectivity index (χ0) is 16.9. The summed E-state index contributed by atoms with van der Waals surface area (Å²) in [7, 11) is 0. The number of hydrogen-bond donors (Lipinski definition) is 2. The molecule has 1 heterocycles. The molecule has 1 aromatic heterocycles. The van der Waals surface area contributed by atoms with E-state index < -0.39 is 0 Å². The quantitative estimate of drug-likeness (QED) is 0.658. The van der Waals surface area contributed by atoms with E-state index in [0.29, 0.717) is 11.8 Å². The van der Waals surface area contributed by atoms with E-state index in [9.17, 15) is 0 Å². The van der Waals surface area contributed by atoms with E-state index in [1.165, 1.54) is 5.56 Å². The van der Waals surface area contributed by atoms with Gasteiger partial charge in [0.05, 0.1) is 6.20 Å². The lowest BCUT2D eigenvalue weighted by atomic mass is 10.1. The number of nitrogens with zero attached hydrogens (tertiary/aromatic N) is 3. The number of aromatic nitrogens is 3. The van der Waals surface area contributed by atoms with Crippen molar-refractivity contribution in [2.24, 2.45) is 0 Å². The molecule has 2 N–H and O–H groups in total. The average Bonchev–Trinajstić information content (AvgIpc) is 2.58. The smallest absolute Gasteiger partial charge is 0.249 e. The standard InChI is InChI=1S/C18H18BrN5/c1-12-10-15(19)8-9-16(12)22-18-23-17(11-20-24-18)21-13(2)14-6-4-3-5-7-14/h3-11,13H,1-2H3,(H2,21,22,23,24). The first-order chi connectivity index (χ1) is 11.6. The van der Waals surface area contributed by atoms with Crippen LogP contribution in [-0.4, -0.2) is 15.2 Å².